The molecule has 0 unspecified atom stereocenters. The highest BCUT2D eigenvalue weighted by Gasteiger charge is 2.29. The first-order valence-electron chi connectivity index (χ1n) is 8.88. The summed E-state index contributed by atoms with van der Waals surface area (Å²) in [5, 5.41) is 0. The quantitative estimate of drug-likeness (QED) is 0.792. The van der Waals surface area contributed by atoms with Crippen LogP contribution in [0.5, 0.6) is 5.75 Å². The second kappa shape index (κ2) is 8.23. The summed E-state index contributed by atoms with van der Waals surface area (Å²) >= 11 is 0. The number of benzene rings is 1. The summed E-state index contributed by atoms with van der Waals surface area (Å²) < 4.78 is 5.84. The van der Waals surface area contributed by atoms with Crippen LogP contribution in [0, 0.1) is 0 Å². The normalized spacial score (nSPS) is 16.0. The van der Waals surface area contributed by atoms with Crippen LogP contribution in [0.3, 0.4) is 0 Å². The molecule has 6 nitrogen and oxygen atoms in total. The van der Waals surface area contributed by atoms with Gasteiger partial charge in [-0.25, -0.2) is 0 Å². The zero-order valence-electron chi connectivity index (χ0n) is 15.9. The van der Waals surface area contributed by atoms with E-state index in [0.717, 1.165) is 30.9 Å². The Labute approximate surface area is 150 Å². The summed E-state index contributed by atoms with van der Waals surface area (Å²) in [4.78, 5) is 30.2. The van der Waals surface area contributed by atoms with Crippen LogP contribution in [-0.4, -0.2) is 68.5 Å². The first kappa shape index (κ1) is 19.1. The van der Waals surface area contributed by atoms with Gasteiger partial charge in [0, 0.05) is 39.8 Å². The minimum Gasteiger partial charge on any atom is -0.489 e. The maximum Gasteiger partial charge on any atom is 0.253 e. The Balaban J connectivity index is 2.16. The maximum atomic E-state index is 12.5. The third-order valence-corrected chi connectivity index (χ3v) is 4.61. The molecule has 0 fully saturated rings. The van der Waals surface area contributed by atoms with E-state index in [-0.39, 0.29) is 17.9 Å². The molecule has 0 bridgehead atoms. The van der Waals surface area contributed by atoms with E-state index in [1.165, 1.54) is 0 Å². The molecule has 1 aliphatic rings. The standard InChI is InChI=1S/C19H29N3O3/c1-6-10-22(7-2)18(23)12-15-13-25-17-9-8-14(19(24)20(3)4)11-16(17)21(15)5/h8-9,11,15H,6-7,10,12-13H2,1-5H3/t15-/m1/s1. The predicted molar refractivity (Wildman–Crippen MR) is 99.3 cm³/mol. The lowest BCUT2D eigenvalue weighted by Crippen LogP contribution is -2.45. The fourth-order valence-corrected chi connectivity index (χ4v) is 3.06. The number of hydrogen-bond acceptors (Lipinski definition) is 4. The summed E-state index contributed by atoms with van der Waals surface area (Å²) in [6.45, 7) is 6.06. The Bertz CT molecular complexity index is 630. The Kier molecular flexibility index (Phi) is 6.28. The van der Waals surface area contributed by atoms with E-state index in [0.29, 0.717) is 18.6 Å². The van der Waals surface area contributed by atoms with Crippen molar-refractivity contribution in [3.63, 3.8) is 0 Å². The van der Waals surface area contributed by atoms with Crippen LogP contribution in [0.2, 0.25) is 0 Å². The average Bonchev–Trinajstić information content (AvgIpc) is 2.60. The minimum absolute atomic E-state index is 0.0318. The summed E-state index contributed by atoms with van der Waals surface area (Å²) in [5.41, 5.74) is 1.47. The van der Waals surface area contributed by atoms with Crippen molar-refractivity contribution in [2.24, 2.45) is 0 Å². The molecule has 1 atom stereocenters. The smallest absolute Gasteiger partial charge is 0.253 e. The zero-order valence-corrected chi connectivity index (χ0v) is 15.9. The molecule has 0 saturated heterocycles. The molecule has 0 saturated carbocycles. The van der Waals surface area contributed by atoms with Gasteiger partial charge >= 0.3 is 0 Å². The lowest BCUT2D eigenvalue weighted by molar-refractivity contribution is -0.131. The van der Waals surface area contributed by atoms with Crippen molar-refractivity contribution in [1.29, 1.82) is 0 Å². The second-order valence-corrected chi connectivity index (χ2v) is 6.64. The van der Waals surface area contributed by atoms with Crippen molar-refractivity contribution in [3.8, 4) is 5.75 Å². The first-order chi connectivity index (χ1) is 11.9. The van der Waals surface area contributed by atoms with E-state index in [1.54, 1.807) is 25.1 Å². The van der Waals surface area contributed by atoms with Gasteiger partial charge in [-0.2, -0.15) is 0 Å². The van der Waals surface area contributed by atoms with Crippen molar-refractivity contribution in [2.45, 2.75) is 32.7 Å². The number of carbonyl (C=O) groups is 2. The molecular formula is C19H29N3O3. The summed E-state index contributed by atoms with van der Waals surface area (Å²) in [6, 6.07) is 5.42. The van der Waals surface area contributed by atoms with E-state index in [4.69, 9.17) is 4.74 Å². The molecule has 138 valence electrons. The van der Waals surface area contributed by atoms with Gasteiger partial charge in [0.05, 0.1) is 18.2 Å². The number of nitrogens with zero attached hydrogens (tertiary/aromatic N) is 3. The molecule has 1 aromatic carbocycles. The first-order valence-corrected chi connectivity index (χ1v) is 8.88. The topological polar surface area (TPSA) is 53.1 Å². The van der Waals surface area contributed by atoms with Gasteiger partial charge in [-0.3, -0.25) is 9.59 Å². The van der Waals surface area contributed by atoms with E-state index in [2.05, 4.69) is 11.8 Å². The second-order valence-electron chi connectivity index (χ2n) is 6.64. The molecule has 25 heavy (non-hydrogen) atoms. The highest BCUT2D eigenvalue weighted by Crippen LogP contribution is 2.34. The Morgan fingerprint density at radius 2 is 2.00 bits per heavy atom. The molecule has 2 rings (SSSR count). The van der Waals surface area contributed by atoms with Crippen LogP contribution in [-0.2, 0) is 4.79 Å². The number of anilines is 1. The molecular weight excluding hydrogens is 318 g/mol. The average molecular weight is 347 g/mol. The largest absolute Gasteiger partial charge is 0.489 e. The van der Waals surface area contributed by atoms with Crippen LogP contribution in [0.1, 0.15) is 37.0 Å². The molecule has 1 aliphatic heterocycles. The molecule has 0 aromatic heterocycles. The van der Waals surface area contributed by atoms with Gasteiger partial charge in [0.15, 0.2) is 0 Å². The Hall–Kier alpha value is -2.24. The number of carbonyl (C=O) groups excluding carboxylic acids is 2. The Morgan fingerprint density at radius 1 is 1.28 bits per heavy atom. The van der Waals surface area contributed by atoms with Crippen molar-refractivity contribution < 1.29 is 14.3 Å². The Morgan fingerprint density at radius 3 is 2.60 bits per heavy atom. The number of fused-ring (bicyclic) bond motifs is 1. The van der Waals surface area contributed by atoms with Crippen LogP contribution < -0.4 is 9.64 Å². The lowest BCUT2D eigenvalue weighted by Gasteiger charge is -2.36. The molecule has 0 radical (unpaired) electrons. The molecule has 2 amide bonds. The van der Waals surface area contributed by atoms with Crippen LogP contribution in [0.4, 0.5) is 5.69 Å². The van der Waals surface area contributed by atoms with Crippen LogP contribution in [0.25, 0.3) is 0 Å². The summed E-state index contributed by atoms with van der Waals surface area (Å²) in [6.07, 6.45) is 1.37. The van der Waals surface area contributed by atoms with E-state index >= 15 is 0 Å². The van der Waals surface area contributed by atoms with Crippen LogP contribution >= 0.6 is 0 Å². The fourth-order valence-electron chi connectivity index (χ4n) is 3.06. The van der Waals surface area contributed by atoms with E-state index in [9.17, 15) is 9.59 Å². The number of ether oxygens (including phenoxy) is 1. The SMILES string of the molecule is CCCN(CC)C(=O)C[C@@H]1COc2ccc(C(=O)N(C)C)cc2N1C. The third-order valence-electron chi connectivity index (χ3n) is 4.61. The third kappa shape index (κ3) is 4.24. The number of rotatable bonds is 6. The van der Waals surface area contributed by atoms with Gasteiger partial charge in [0.2, 0.25) is 5.91 Å². The predicted octanol–water partition coefficient (Wildman–Crippen LogP) is 2.23. The fraction of sp³-hybridized carbons (Fsp3) is 0.579. The molecule has 6 heteroatoms. The van der Waals surface area contributed by atoms with Gasteiger partial charge in [-0.1, -0.05) is 6.92 Å². The molecule has 0 spiro atoms. The van der Waals surface area contributed by atoms with Gasteiger partial charge in [0.1, 0.15) is 12.4 Å². The van der Waals surface area contributed by atoms with Gasteiger partial charge < -0.3 is 19.4 Å². The van der Waals surface area contributed by atoms with Gasteiger partial charge in [0.25, 0.3) is 5.91 Å². The van der Waals surface area contributed by atoms with Gasteiger partial charge in [-0.05, 0) is 31.5 Å². The van der Waals surface area contributed by atoms with Crippen molar-refractivity contribution in [2.75, 3.05) is 45.7 Å². The lowest BCUT2D eigenvalue weighted by atomic mass is 10.1. The van der Waals surface area contributed by atoms with E-state index < -0.39 is 0 Å². The van der Waals surface area contributed by atoms with Crippen molar-refractivity contribution in [3.05, 3.63) is 23.8 Å². The molecule has 1 aromatic rings. The maximum absolute atomic E-state index is 12.5. The zero-order chi connectivity index (χ0) is 18.6. The highest BCUT2D eigenvalue weighted by atomic mass is 16.5. The molecule has 0 N–H and O–H groups in total. The summed E-state index contributed by atoms with van der Waals surface area (Å²) in [5.74, 6) is 0.852. The van der Waals surface area contributed by atoms with Crippen LogP contribution in [0.15, 0.2) is 18.2 Å². The highest BCUT2D eigenvalue weighted by molar-refractivity contribution is 5.95. The number of likely N-dealkylation sites (N-methyl/N-ethyl adjacent to an activating group) is 1. The molecule has 0 aliphatic carbocycles. The molecule has 1 heterocycles. The van der Waals surface area contributed by atoms with Gasteiger partial charge in [-0.15, -0.1) is 0 Å². The van der Waals surface area contributed by atoms with Crippen molar-refractivity contribution >= 4 is 17.5 Å². The summed E-state index contributed by atoms with van der Waals surface area (Å²) in [7, 11) is 5.42. The van der Waals surface area contributed by atoms with E-state index in [1.807, 2.05) is 31.0 Å². The minimum atomic E-state index is -0.0468. The monoisotopic (exact) mass is 347 g/mol. The van der Waals surface area contributed by atoms with Crippen molar-refractivity contribution in [1.82, 2.24) is 9.80 Å². The number of amides is 2. The number of hydrogen-bond donors (Lipinski definition) is 0.